The Morgan fingerprint density at radius 1 is 0.333 bits per heavy atom. The Bertz CT molecular complexity index is 510. The summed E-state index contributed by atoms with van der Waals surface area (Å²) < 4.78 is 29.1. The molecule has 160 valence electrons. The Kier molecular flexibility index (Phi) is 6.71. The average molecular weight is 533 g/mol. The van der Waals surface area contributed by atoms with E-state index in [4.69, 9.17) is 16.5 Å². The predicted octanol–water partition coefficient (Wildman–Crippen LogP) is 6.96. The summed E-state index contributed by atoms with van der Waals surface area (Å²) in [5, 5.41) is 0. The van der Waals surface area contributed by atoms with Gasteiger partial charge in [-0.2, -0.15) is 0 Å². The van der Waals surface area contributed by atoms with Crippen LogP contribution in [0.5, 0.6) is 0 Å². The molecule has 4 nitrogen and oxygen atoms in total. The van der Waals surface area contributed by atoms with E-state index in [0.717, 1.165) is 0 Å². The maximum absolute atomic E-state index is 7.43. The van der Waals surface area contributed by atoms with Gasteiger partial charge < -0.3 is 16.5 Å². The van der Waals surface area contributed by atoms with Crippen molar-refractivity contribution in [3.63, 3.8) is 0 Å². The molecule has 3 aliphatic rings. The van der Waals surface area contributed by atoms with E-state index < -0.39 is 56.5 Å². The predicted molar refractivity (Wildman–Crippen MR) is 141 cm³/mol. The zero-order chi connectivity index (χ0) is 21.5. The van der Waals surface area contributed by atoms with E-state index in [-0.39, 0.29) is 13.1 Å². The second kappa shape index (κ2) is 7.11. The molecule has 27 heavy (non-hydrogen) atoms. The third-order valence-electron chi connectivity index (χ3n) is 5.22. The highest BCUT2D eigenvalue weighted by Crippen LogP contribution is 2.72. The molecule has 3 heterocycles. The number of fused-ring (bicyclic) bond motifs is 8. The van der Waals surface area contributed by atoms with E-state index in [9.17, 15) is 0 Å². The first-order valence-corrected chi connectivity index (χ1v) is 38.0. The van der Waals surface area contributed by atoms with Gasteiger partial charge in [0.2, 0.25) is 0 Å². The zero-order valence-corrected chi connectivity index (χ0v) is 28.8. The largest absolute Gasteiger partial charge is 0.449 e. The highest BCUT2D eigenvalue weighted by molar-refractivity contribution is 8.40. The molecular formula is C14H42O4P2Si7. The summed E-state index contributed by atoms with van der Waals surface area (Å²) in [7, 11) is -13.8. The van der Waals surface area contributed by atoms with Crippen molar-refractivity contribution in [3.05, 3.63) is 0 Å². The SMILES string of the molecule is C[Si]1(C)O[Si](C)(C)P2[Si](C)(C)O[Si](C)(C)P([Si](C)(C)O1)[Si](C)(C)O[Si]2(C)C. The summed E-state index contributed by atoms with van der Waals surface area (Å²) in [6.07, 6.45) is 0. The zero-order valence-electron chi connectivity index (χ0n) is 20.0. The molecule has 0 aliphatic carbocycles. The molecule has 0 aromatic rings. The molecule has 0 aromatic heterocycles. The summed E-state index contributed by atoms with van der Waals surface area (Å²) in [4.78, 5) is 0. The minimum absolute atomic E-state index is 0.342. The number of hydrogen-bond donors (Lipinski definition) is 0. The van der Waals surface area contributed by atoms with Crippen LogP contribution in [0.1, 0.15) is 0 Å². The van der Waals surface area contributed by atoms with Crippen LogP contribution in [0.25, 0.3) is 0 Å². The highest BCUT2D eigenvalue weighted by Gasteiger charge is 2.67. The van der Waals surface area contributed by atoms with E-state index in [2.05, 4.69) is 91.7 Å². The first-order chi connectivity index (χ1) is 11.6. The van der Waals surface area contributed by atoms with Crippen LogP contribution in [-0.2, 0) is 16.5 Å². The maximum atomic E-state index is 7.43. The van der Waals surface area contributed by atoms with E-state index in [0.29, 0.717) is 0 Å². The van der Waals surface area contributed by atoms with Crippen molar-refractivity contribution in [2.45, 2.75) is 91.7 Å². The summed E-state index contributed by atoms with van der Waals surface area (Å²) in [5.41, 5.74) is 0. The van der Waals surface area contributed by atoms with Gasteiger partial charge in [0.1, 0.15) is 0 Å². The minimum atomic E-state index is -2.18. The second-order valence-corrected chi connectivity index (χ2v) is 71.4. The van der Waals surface area contributed by atoms with Gasteiger partial charge in [0.25, 0.3) is 0 Å². The highest BCUT2D eigenvalue weighted by atomic mass is 31.8. The van der Waals surface area contributed by atoms with Crippen LogP contribution >= 0.6 is 13.1 Å². The molecule has 0 unspecified atom stereocenters. The maximum Gasteiger partial charge on any atom is 0.311 e. The second-order valence-electron chi connectivity index (χ2n) is 11.2. The lowest BCUT2D eigenvalue weighted by atomic mass is 11.9. The molecule has 2 bridgehead atoms. The molecule has 0 amide bonds. The van der Waals surface area contributed by atoms with Crippen molar-refractivity contribution in [2.75, 3.05) is 0 Å². The summed E-state index contributed by atoms with van der Waals surface area (Å²) >= 11 is 0. The van der Waals surface area contributed by atoms with Crippen LogP contribution in [0.3, 0.4) is 0 Å². The van der Waals surface area contributed by atoms with E-state index in [1.54, 1.807) is 0 Å². The third kappa shape index (κ3) is 5.01. The van der Waals surface area contributed by atoms with Crippen molar-refractivity contribution in [1.29, 1.82) is 0 Å². The van der Waals surface area contributed by atoms with Gasteiger partial charge in [0.05, 0.1) is 0 Å². The molecule has 13 heteroatoms. The smallest absolute Gasteiger partial charge is 0.311 e. The molecule has 3 fully saturated rings. The quantitative estimate of drug-likeness (QED) is 0.250. The minimum Gasteiger partial charge on any atom is -0.449 e. The van der Waals surface area contributed by atoms with Crippen molar-refractivity contribution in [1.82, 2.24) is 0 Å². The molecule has 3 rings (SSSR count). The Morgan fingerprint density at radius 2 is 0.519 bits per heavy atom. The summed E-state index contributed by atoms with van der Waals surface area (Å²) in [6, 6.07) is 0. The number of hydrogen-bond acceptors (Lipinski definition) is 4. The lowest BCUT2D eigenvalue weighted by Gasteiger charge is -2.62. The average Bonchev–Trinajstić information content (AvgIpc) is 2.12. The Morgan fingerprint density at radius 3 is 0.741 bits per heavy atom. The third-order valence-corrected chi connectivity index (χ3v) is 110. The molecule has 3 aliphatic heterocycles. The van der Waals surface area contributed by atoms with Crippen LogP contribution < -0.4 is 0 Å². The van der Waals surface area contributed by atoms with Crippen molar-refractivity contribution < 1.29 is 16.5 Å². The van der Waals surface area contributed by atoms with Crippen molar-refractivity contribution >= 4 is 69.6 Å². The van der Waals surface area contributed by atoms with Crippen LogP contribution in [-0.4, -0.2) is 56.5 Å². The molecule has 0 atom stereocenters. The van der Waals surface area contributed by atoms with E-state index in [1.807, 2.05) is 0 Å². The monoisotopic (exact) mass is 532 g/mol. The molecule has 0 spiro atoms. The topological polar surface area (TPSA) is 36.9 Å². The van der Waals surface area contributed by atoms with E-state index >= 15 is 0 Å². The van der Waals surface area contributed by atoms with Gasteiger partial charge >= 0.3 is 8.56 Å². The molecular weight excluding hydrogens is 491 g/mol. The van der Waals surface area contributed by atoms with Crippen LogP contribution in [0.4, 0.5) is 0 Å². The normalized spacial score (nSPS) is 38.0. The first kappa shape index (κ1) is 25.5. The van der Waals surface area contributed by atoms with Crippen molar-refractivity contribution in [2.24, 2.45) is 0 Å². The Hall–Kier alpha value is 2.22. The Labute approximate surface area is 177 Å². The fourth-order valence-corrected chi connectivity index (χ4v) is 163. The van der Waals surface area contributed by atoms with Gasteiger partial charge in [-0.1, -0.05) is 13.1 Å². The van der Waals surface area contributed by atoms with Gasteiger partial charge in [0.15, 0.2) is 47.9 Å². The van der Waals surface area contributed by atoms with Gasteiger partial charge in [-0.3, -0.25) is 0 Å². The lowest BCUT2D eigenvalue weighted by Crippen LogP contribution is -2.67. The van der Waals surface area contributed by atoms with Crippen LogP contribution in [0, 0.1) is 0 Å². The fraction of sp³-hybridized carbons (Fsp3) is 1.00. The molecule has 3 saturated heterocycles. The van der Waals surface area contributed by atoms with Crippen LogP contribution in [0.2, 0.25) is 91.7 Å². The molecule has 0 N–H and O–H groups in total. The first-order valence-electron chi connectivity index (χ1n) is 9.97. The molecule has 0 radical (unpaired) electrons. The Balaban J connectivity index is 2.89. The van der Waals surface area contributed by atoms with Gasteiger partial charge in [-0.05, 0) is 91.7 Å². The standard InChI is InChI=1S/C14H42O4P2Si7/c1-21(2)15-22(3,4)19-24(7,8)17-26(11,12)20(23(5,6)16-21)27(13,14)18-25(19,9)10/h1-14H3. The summed E-state index contributed by atoms with van der Waals surface area (Å²) in [6.45, 7) is 33.8. The van der Waals surface area contributed by atoms with Gasteiger partial charge in [-0.15, -0.1) is 0 Å². The lowest BCUT2D eigenvalue weighted by molar-refractivity contribution is 0.407. The summed E-state index contributed by atoms with van der Waals surface area (Å²) in [5.74, 6) is 0. The van der Waals surface area contributed by atoms with Gasteiger partial charge in [-0.25, -0.2) is 0 Å². The number of rotatable bonds is 0. The van der Waals surface area contributed by atoms with E-state index in [1.165, 1.54) is 0 Å². The van der Waals surface area contributed by atoms with Crippen molar-refractivity contribution in [3.8, 4) is 0 Å². The van der Waals surface area contributed by atoms with Crippen LogP contribution in [0.15, 0.2) is 0 Å². The fourth-order valence-electron chi connectivity index (χ4n) is 6.61. The van der Waals surface area contributed by atoms with Gasteiger partial charge in [0, 0.05) is 0 Å². The molecule has 0 saturated carbocycles. The molecule has 0 aromatic carbocycles.